The standard InChI is InChI=1S/C22H37N3O5.HI/c1-5-23-22(24-11-6-13-29-15-17-10-14-30-16-17)25-12-9-18-7-8-19(26-2)21(28-4)20(18)27-3;/h7-8,17H,5-6,9-16H2,1-4H3,(H2,23,24,25);1H. The molecule has 0 aromatic heterocycles. The molecule has 0 amide bonds. The molecule has 2 rings (SSSR count). The molecule has 178 valence electrons. The SMILES string of the molecule is CCNC(=NCCCOCC1CCOC1)NCCc1ccc(OC)c(OC)c1OC.I. The maximum Gasteiger partial charge on any atom is 0.203 e. The zero-order valence-electron chi connectivity index (χ0n) is 19.2. The average molecular weight is 551 g/mol. The van der Waals surface area contributed by atoms with Crippen LogP contribution in [0.15, 0.2) is 17.1 Å². The molecule has 1 saturated heterocycles. The van der Waals surface area contributed by atoms with Gasteiger partial charge in [-0.05, 0) is 32.3 Å². The fraction of sp³-hybridized carbons (Fsp3) is 0.682. The van der Waals surface area contributed by atoms with Crippen LogP contribution in [0, 0.1) is 5.92 Å². The summed E-state index contributed by atoms with van der Waals surface area (Å²) < 4.78 is 27.5. The van der Waals surface area contributed by atoms with E-state index in [2.05, 4.69) is 22.5 Å². The molecular formula is C22H38IN3O5. The number of hydrogen-bond donors (Lipinski definition) is 2. The first-order chi connectivity index (χ1) is 14.7. The largest absolute Gasteiger partial charge is 0.493 e. The molecule has 1 unspecified atom stereocenters. The summed E-state index contributed by atoms with van der Waals surface area (Å²) in [5.41, 5.74) is 1.04. The smallest absolute Gasteiger partial charge is 0.203 e. The molecule has 1 aromatic rings. The second-order valence-electron chi connectivity index (χ2n) is 7.09. The number of aliphatic imine (C=N–C) groups is 1. The zero-order chi connectivity index (χ0) is 21.6. The molecule has 0 aliphatic carbocycles. The summed E-state index contributed by atoms with van der Waals surface area (Å²) in [6.45, 7) is 7.51. The van der Waals surface area contributed by atoms with Gasteiger partial charge in [-0.1, -0.05) is 6.07 Å². The summed E-state index contributed by atoms with van der Waals surface area (Å²) in [7, 11) is 4.87. The van der Waals surface area contributed by atoms with Gasteiger partial charge in [-0.3, -0.25) is 4.99 Å². The summed E-state index contributed by atoms with van der Waals surface area (Å²) in [6.07, 6.45) is 2.77. The van der Waals surface area contributed by atoms with E-state index in [1.807, 2.05) is 12.1 Å². The molecular weight excluding hydrogens is 513 g/mol. The van der Waals surface area contributed by atoms with Crippen LogP contribution in [-0.2, 0) is 15.9 Å². The van der Waals surface area contributed by atoms with Crippen LogP contribution in [0.2, 0.25) is 0 Å². The number of nitrogens with one attached hydrogen (secondary N) is 2. The van der Waals surface area contributed by atoms with Gasteiger partial charge in [-0.15, -0.1) is 24.0 Å². The Morgan fingerprint density at radius 3 is 2.58 bits per heavy atom. The first-order valence-electron chi connectivity index (χ1n) is 10.7. The van der Waals surface area contributed by atoms with Crippen molar-refractivity contribution in [3.63, 3.8) is 0 Å². The molecule has 1 atom stereocenters. The van der Waals surface area contributed by atoms with Crippen LogP contribution in [0.1, 0.15) is 25.3 Å². The van der Waals surface area contributed by atoms with Gasteiger partial charge in [0.2, 0.25) is 5.75 Å². The molecule has 0 saturated carbocycles. The van der Waals surface area contributed by atoms with Crippen LogP contribution in [-0.4, -0.2) is 73.4 Å². The third-order valence-corrected chi connectivity index (χ3v) is 4.91. The van der Waals surface area contributed by atoms with Gasteiger partial charge in [0, 0.05) is 44.3 Å². The highest BCUT2D eigenvalue weighted by molar-refractivity contribution is 14.0. The number of benzene rings is 1. The van der Waals surface area contributed by atoms with Gasteiger partial charge in [0.1, 0.15) is 0 Å². The van der Waals surface area contributed by atoms with Gasteiger partial charge in [0.05, 0.1) is 34.5 Å². The average Bonchev–Trinajstić information content (AvgIpc) is 3.28. The van der Waals surface area contributed by atoms with E-state index in [1.54, 1.807) is 21.3 Å². The second kappa shape index (κ2) is 16.2. The van der Waals surface area contributed by atoms with E-state index >= 15 is 0 Å². The lowest BCUT2D eigenvalue weighted by Gasteiger charge is -2.16. The molecule has 1 fully saturated rings. The molecule has 1 aromatic carbocycles. The van der Waals surface area contributed by atoms with Crippen molar-refractivity contribution in [3.8, 4) is 17.2 Å². The molecule has 0 radical (unpaired) electrons. The van der Waals surface area contributed by atoms with Gasteiger partial charge < -0.3 is 34.3 Å². The van der Waals surface area contributed by atoms with E-state index in [-0.39, 0.29) is 24.0 Å². The van der Waals surface area contributed by atoms with E-state index in [1.165, 1.54) is 0 Å². The van der Waals surface area contributed by atoms with Crippen LogP contribution >= 0.6 is 24.0 Å². The van der Waals surface area contributed by atoms with E-state index in [9.17, 15) is 0 Å². The van der Waals surface area contributed by atoms with Gasteiger partial charge in [0.15, 0.2) is 17.5 Å². The lowest BCUT2D eigenvalue weighted by molar-refractivity contribution is 0.0893. The highest BCUT2D eigenvalue weighted by Gasteiger charge is 2.16. The van der Waals surface area contributed by atoms with Gasteiger partial charge in [0.25, 0.3) is 0 Å². The summed E-state index contributed by atoms with van der Waals surface area (Å²) in [5, 5.41) is 6.66. The number of hydrogen-bond acceptors (Lipinski definition) is 6. The predicted molar refractivity (Wildman–Crippen MR) is 134 cm³/mol. The molecule has 1 aliphatic rings. The summed E-state index contributed by atoms with van der Waals surface area (Å²) in [6, 6.07) is 3.90. The van der Waals surface area contributed by atoms with Crippen LogP contribution < -0.4 is 24.8 Å². The Hall–Kier alpha value is -1.46. The summed E-state index contributed by atoms with van der Waals surface area (Å²) in [5.74, 6) is 3.33. The Morgan fingerprint density at radius 1 is 1.13 bits per heavy atom. The van der Waals surface area contributed by atoms with Crippen LogP contribution in [0.5, 0.6) is 17.2 Å². The lowest BCUT2D eigenvalue weighted by Crippen LogP contribution is -2.38. The molecule has 0 bridgehead atoms. The minimum absolute atomic E-state index is 0. The Kier molecular flexibility index (Phi) is 14.4. The second-order valence-corrected chi connectivity index (χ2v) is 7.09. The van der Waals surface area contributed by atoms with E-state index in [4.69, 9.17) is 23.7 Å². The third kappa shape index (κ3) is 9.28. The third-order valence-electron chi connectivity index (χ3n) is 4.91. The minimum atomic E-state index is 0. The minimum Gasteiger partial charge on any atom is -0.493 e. The molecule has 2 N–H and O–H groups in total. The van der Waals surface area contributed by atoms with Crippen LogP contribution in [0.25, 0.3) is 0 Å². The van der Waals surface area contributed by atoms with Crippen molar-refractivity contribution in [1.82, 2.24) is 10.6 Å². The molecule has 9 heteroatoms. The maximum absolute atomic E-state index is 5.74. The van der Waals surface area contributed by atoms with Gasteiger partial charge in [-0.2, -0.15) is 0 Å². The fourth-order valence-electron chi connectivity index (χ4n) is 3.34. The Balaban J connectivity index is 0.00000480. The quantitative estimate of drug-likeness (QED) is 0.169. The molecule has 1 heterocycles. The Labute approximate surface area is 203 Å². The summed E-state index contributed by atoms with van der Waals surface area (Å²) in [4.78, 5) is 4.63. The number of nitrogens with zero attached hydrogens (tertiary/aromatic N) is 1. The van der Waals surface area contributed by atoms with Crippen molar-refractivity contribution >= 4 is 29.9 Å². The van der Waals surface area contributed by atoms with Crippen molar-refractivity contribution in [1.29, 1.82) is 0 Å². The first kappa shape index (κ1) is 27.6. The molecule has 1 aliphatic heterocycles. The number of methoxy groups -OCH3 is 3. The van der Waals surface area contributed by atoms with Crippen molar-refractivity contribution in [2.45, 2.75) is 26.2 Å². The maximum atomic E-state index is 5.74. The predicted octanol–water partition coefficient (Wildman–Crippen LogP) is 2.87. The fourth-order valence-corrected chi connectivity index (χ4v) is 3.34. The normalized spacial score (nSPS) is 15.9. The first-order valence-corrected chi connectivity index (χ1v) is 10.7. The van der Waals surface area contributed by atoms with E-state index < -0.39 is 0 Å². The van der Waals surface area contributed by atoms with Crippen LogP contribution in [0.4, 0.5) is 0 Å². The van der Waals surface area contributed by atoms with Crippen molar-refractivity contribution in [2.24, 2.45) is 10.9 Å². The van der Waals surface area contributed by atoms with E-state index in [0.717, 1.165) is 76.8 Å². The Bertz CT molecular complexity index is 654. The number of guanidine groups is 1. The Morgan fingerprint density at radius 2 is 1.94 bits per heavy atom. The van der Waals surface area contributed by atoms with Crippen molar-refractivity contribution < 1.29 is 23.7 Å². The van der Waals surface area contributed by atoms with Crippen molar-refractivity contribution in [2.75, 3.05) is 67.4 Å². The highest BCUT2D eigenvalue weighted by atomic mass is 127. The molecule has 8 nitrogen and oxygen atoms in total. The lowest BCUT2D eigenvalue weighted by atomic mass is 10.1. The number of halogens is 1. The van der Waals surface area contributed by atoms with Gasteiger partial charge >= 0.3 is 0 Å². The summed E-state index contributed by atoms with van der Waals surface area (Å²) >= 11 is 0. The highest BCUT2D eigenvalue weighted by Crippen LogP contribution is 2.39. The monoisotopic (exact) mass is 551 g/mol. The topological polar surface area (TPSA) is 82.6 Å². The molecule has 0 spiro atoms. The van der Waals surface area contributed by atoms with Crippen molar-refractivity contribution in [3.05, 3.63) is 17.7 Å². The number of rotatable bonds is 13. The van der Waals surface area contributed by atoms with Gasteiger partial charge in [-0.25, -0.2) is 0 Å². The molecule has 31 heavy (non-hydrogen) atoms. The zero-order valence-corrected chi connectivity index (χ0v) is 21.5. The van der Waals surface area contributed by atoms with E-state index in [0.29, 0.717) is 23.2 Å². The number of ether oxygens (including phenoxy) is 5. The van der Waals surface area contributed by atoms with Crippen LogP contribution in [0.3, 0.4) is 0 Å².